The van der Waals surface area contributed by atoms with Crippen LogP contribution in [-0.2, 0) is 25.7 Å². The van der Waals surface area contributed by atoms with E-state index in [2.05, 4.69) is 200 Å². The van der Waals surface area contributed by atoms with E-state index in [1.165, 1.54) is 110 Å². The van der Waals surface area contributed by atoms with Crippen LogP contribution in [0.1, 0.15) is 49.9 Å². The summed E-state index contributed by atoms with van der Waals surface area (Å²) >= 11 is 0. The van der Waals surface area contributed by atoms with Gasteiger partial charge in [-0.1, -0.05) is 88.4 Å². The van der Waals surface area contributed by atoms with Gasteiger partial charge in [0, 0.05) is 54.7 Å². The lowest BCUT2D eigenvalue weighted by molar-refractivity contribution is 1.13. The van der Waals surface area contributed by atoms with Crippen molar-refractivity contribution in [1.29, 1.82) is 0 Å². The number of aromatic nitrogens is 3. The molecule has 0 atom stereocenters. The van der Waals surface area contributed by atoms with E-state index in [1.807, 2.05) is 0 Å². The number of rotatable bonds is 8. The molecular weight excluding hydrogens is 715 g/mol. The third-order valence-corrected chi connectivity index (χ3v) is 12.9. The van der Waals surface area contributed by atoms with E-state index in [9.17, 15) is 0 Å². The Kier molecular flexibility index (Phi) is 8.34. The van der Waals surface area contributed by atoms with Crippen molar-refractivity contribution in [3.63, 3.8) is 0 Å². The van der Waals surface area contributed by atoms with Gasteiger partial charge in [0.15, 0.2) is 0 Å². The highest BCUT2D eigenvalue weighted by atomic mass is 15.0. The zero-order valence-corrected chi connectivity index (χ0v) is 34.2. The van der Waals surface area contributed by atoms with Crippen LogP contribution in [0.2, 0.25) is 0 Å². The second kappa shape index (κ2) is 13.9. The van der Waals surface area contributed by atoms with Crippen molar-refractivity contribution in [2.24, 2.45) is 0 Å². The average molecular weight is 762 g/mol. The molecule has 0 bridgehead atoms. The molecule has 0 saturated heterocycles. The normalized spacial score (nSPS) is 12.0. The lowest BCUT2D eigenvalue weighted by Crippen LogP contribution is -1.94. The molecule has 8 aromatic carbocycles. The minimum atomic E-state index is 1.03. The fourth-order valence-corrected chi connectivity index (χ4v) is 9.53. The number of nitrogens with zero attached hydrogens (tertiary/aromatic N) is 2. The van der Waals surface area contributed by atoms with Crippen LogP contribution in [-0.4, -0.2) is 14.1 Å². The summed E-state index contributed by atoms with van der Waals surface area (Å²) in [5.41, 5.74) is 20.0. The van der Waals surface area contributed by atoms with E-state index < -0.39 is 0 Å². The first-order chi connectivity index (χ1) is 29.0. The third-order valence-electron chi connectivity index (χ3n) is 12.9. The van der Waals surface area contributed by atoms with Crippen molar-refractivity contribution in [2.45, 2.75) is 53.4 Å². The van der Waals surface area contributed by atoms with Crippen LogP contribution in [0.5, 0.6) is 0 Å². The van der Waals surface area contributed by atoms with Gasteiger partial charge in [0.1, 0.15) is 0 Å². The van der Waals surface area contributed by atoms with Crippen molar-refractivity contribution in [3.8, 4) is 33.6 Å². The van der Waals surface area contributed by atoms with E-state index in [0.717, 1.165) is 36.7 Å². The minimum Gasteiger partial charge on any atom is -0.355 e. The van der Waals surface area contributed by atoms with Crippen molar-refractivity contribution >= 4 is 65.4 Å². The van der Waals surface area contributed by atoms with Crippen LogP contribution in [0.3, 0.4) is 0 Å². The average Bonchev–Trinajstić information content (AvgIpc) is 3.94. The second-order valence-electron chi connectivity index (χ2n) is 16.2. The molecule has 3 heterocycles. The van der Waals surface area contributed by atoms with Crippen molar-refractivity contribution in [3.05, 3.63) is 180 Å². The Labute approximate surface area is 345 Å². The van der Waals surface area contributed by atoms with Gasteiger partial charge in [0.25, 0.3) is 0 Å². The summed E-state index contributed by atoms with van der Waals surface area (Å²) < 4.78 is 4.86. The highest BCUT2D eigenvalue weighted by Crippen LogP contribution is 2.38. The molecule has 11 aromatic rings. The molecule has 0 aliphatic carbocycles. The van der Waals surface area contributed by atoms with E-state index >= 15 is 0 Å². The molecule has 0 aliphatic rings. The van der Waals surface area contributed by atoms with E-state index in [1.54, 1.807) is 0 Å². The number of hydrogen-bond donors (Lipinski definition) is 1. The molecule has 286 valence electrons. The quantitative estimate of drug-likeness (QED) is 0.160. The highest BCUT2D eigenvalue weighted by molar-refractivity contribution is 6.12. The summed E-state index contributed by atoms with van der Waals surface area (Å²) in [6.07, 6.45) is 4.13. The molecular formula is C56H47N3. The van der Waals surface area contributed by atoms with Gasteiger partial charge < -0.3 is 14.1 Å². The number of nitrogens with one attached hydrogen (secondary N) is 1. The van der Waals surface area contributed by atoms with Crippen LogP contribution < -0.4 is 0 Å². The zero-order chi connectivity index (χ0) is 39.8. The van der Waals surface area contributed by atoms with Gasteiger partial charge in [-0.3, -0.25) is 0 Å². The van der Waals surface area contributed by atoms with Crippen molar-refractivity contribution < 1.29 is 0 Å². The molecule has 0 saturated carbocycles. The van der Waals surface area contributed by atoms with E-state index in [-0.39, 0.29) is 0 Å². The largest absolute Gasteiger partial charge is 0.355 e. The summed E-state index contributed by atoms with van der Waals surface area (Å²) in [6.45, 7) is 8.94. The van der Waals surface area contributed by atoms with Crippen molar-refractivity contribution in [1.82, 2.24) is 14.1 Å². The molecule has 1 N–H and O–H groups in total. The number of benzene rings is 8. The summed E-state index contributed by atoms with van der Waals surface area (Å²) in [5.74, 6) is 0. The Morgan fingerprint density at radius 1 is 0.305 bits per heavy atom. The fourth-order valence-electron chi connectivity index (χ4n) is 9.53. The van der Waals surface area contributed by atoms with E-state index in [4.69, 9.17) is 0 Å². The Morgan fingerprint density at radius 2 is 0.610 bits per heavy atom. The molecule has 3 heteroatoms. The smallest absolute Gasteiger partial charge is 0.0541 e. The Hall–Kier alpha value is -6.84. The Balaban J connectivity index is 0.942. The number of aryl methyl sites for hydroxylation is 4. The molecule has 11 rings (SSSR count). The minimum absolute atomic E-state index is 1.03. The summed E-state index contributed by atoms with van der Waals surface area (Å²) in [6, 6.07) is 59.7. The first kappa shape index (κ1) is 35.3. The molecule has 0 amide bonds. The Morgan fingerprint density at radius 3 is 0.915 bits per heavy atom. The molecule has 3 aromatic heterocycles. The lowest BCUT2D eigenvalue weighted by Gasteiger charge is -2.10. The van der Waals surface area contributed by atoms with E-state index in [0.29, 0.717) is 0 Å². The maximum Gasteiger partial charge on any atom is 0.0541 e. The maximum absolute atomic E-state index is 3.68. The predicted molar refractivity (Wildman–Crippen MR) is 253 cm³/mol. The van der Waals surface area contributed by atoms with Crippen LogP contribution in [0.25, 0.3) is 99.0 Å². The Bertz CT molecular complexity index is 3060. The SMILES string of the molecule is CCc1ccc2c(c1)c1cc(CC)ccc1n2-c1ccc(-c2ccc3[nH]c4ccc(-c5ccc(-n6c7ccc(CC)cc7c7cc(CC)ccc76)cc5)cc4c3c2)cc1. The van der Waals surface area contributed by atoms with Gasteiger partial charge in [-0.25, -0.2) is 0 Å². The number of hydrogen-bond acceptors (Lipinski definition) is 0. The van der Waals surface area contributed by atoms with Crippen LogP contribution in [0.4, 0.5) is 0 Å². The van der Waals surface area contributed by atoms with Gasteiger partial charge in [-0.2, -0.15) is 0 Å². The van der Waals surface area contributed by atoms with Crippen molar-refractivity contribution in [2.75, 3.05) is 0 Å². The molecule has 59 heavy (non-hydrogen) atoms. The number of fused-ring (bicyclic) bond motifs is 9. The highest BCUT2D eigenvalue weighted by Gasteiger charge is 2.16. The number of H-pyrrole nitrogens is 1. The zero-order valence-electron chi connectivity index (χ0n) is 34.2. The van der Waals surface area contributed by atoms with Gasteiger partial charge in [-0.15, -0.1) is 0 Å². The molecule has 0 radical (unpaired) electrons. The van der Waals surface area contributed by atoms with Crippen LogP contribution in [0.15, 0.2) is 158 Å². The third kappa shape index (κ3) is 5.71. The summed E-state index contributed by atoms with van der Waals surface area (Å²) in [7, 11) is 0. The standard InChI is InChI=1S/C56H47N3/c1-5-35-9-25-53-47(29-35)48-30-36(6-2)10-26-54(48)58(53)43-19-13-39(14-20-43)41-17-23-51-45(33-41)46-34-42(18-24-52(46)57-51)40-15-21-44(22-16-40)59-55-27-11-37(7-3)31-49(55)50-32-38(8-4)12-28-56(50)59/h9-34,57H,5-8H2,1-4H3. The van der Waals surface area contributed by atoms with Gasteiger partial charge in [0.05, 0.1) is 22.1 Å². The maximum atomic E-state index is 3.68. The number of aromatic amines is 1. The molecule has 0 unspecified atom stereocenters. The topological polar surface area (TPSA) is 25.6 Å². The molecule has 0 aliphatic heterocycles. The monoisotopic (exact) mass is 761 g/mol. The molecule has 0 fully saturated rings. The van der Waals surface area contributed by atoms with Gasteiger partial charge >= 0.3 is 0 Å². The molecule has 0 spiro atoms. The fraction of sp³-hybridized carbons (Fsp3) is 0.143. The summed E-state index contributed by atoms with van der Waals surface area (Å²) in [5, 5.41) is 7.81. The lowest BCUT2D eigenvalue weighted by atomic mass is 10.00. The first-order valence-electron chi connectivity index (χ1n) is 21.4. The predicted octanol–water partition coefficient (Wildman–Crippen LogP) is 15.1. The van der Waals surface area contributed by atoms with Crippen LogP contribution in [0, 0.1) is 0 Å². The van der Waals surface area contributed by atoms with Crippen LogP contribution >= 0.6 is 0 Å². The first-order valence-corrected chi connectivity index (χ1v) is 21.4. The van der Waals surface area contributed by atoms with Gasteiger partial charge in [0.2, 0.25) is 0 Å². The second-order valence-corrected chi connectivity index (χ2v) is 16.2. The summed E-state index contributed by atoms with van der Waals surface area (Å²) in [4.78, 5) is 3.68. The van der Waals surface area contributed by atoms with Gasteiger partial charge in [-0.05, 0) is 167 Å². The molecule has 3 nitrogen and oxygen atoms in total.